The first-order chi connectivity index (χ1) is 7.80. The summed E-state index contributed by atoms with van der Waals surface area (Å²) < 4.78 is 6.33. The molecule has 4 unspecified atom stereocenters. The van der Waals surface area contributed by atoms with Gasteiger partial charge in [-0.15, -0.1) is 0 Å². The molecule has 2 saturated carbocycles. The molecule has 1 spiro atoms. The Hall–Kier alpha value is -0.0400. The molecule has 0 radical (unpaired) electrons. The maximum atomic E-state index is 6.33. The second kappa shape index (κ2) is 4.01. The third-order valence-corrected chi connectivity index (χ3v) is 5.85. The van der Waals surface area contributed by atoms with Crippen molar-refractivity contribution in [1.82, 2.24) is 0 Å². The molecule has 3 fully saturated rings. The molecule has 4 atom stereocenters. The van der Waals surface area contributed by atoms with Gasteiger partial charge in [-0.05, 0) is 42.9 Å². The van der Waals surface area contributed by atoms with Crippen molar-refractivity contribution in [3.63, 3.8) is 0 Å². The quantitative estimate of drug-likeness (QED) is 0.685. The molecule has 1 aliphatic heterocycles. The van der Waals surface area contributed by atoms with Crippen LogP contribution in [0.1, 0.15) is 58.8 Å². The minimum atomic E-state index is 0.343. The van der Waals surface area contributed by atoms with Gasteiger partial charge in [0.05, 0.1) is 12.2 Å². The van der Waals surface area contributed by atoms with Gasteiger partial charge in [0, 0.05) is 0 Å². The maximum absolute atomic E-state index is 6.33. The molecule has 3 rings (SSSR count). The largest absolute Gasteiger partial charge is 0.374 e. The third-order valence-electron chi connectivity index (χ3n) is 5.85. The fourth-order valence-corrected chi connectivity index (χ4v) is 5.11. The number of hydrogen-bond acceptors (Lipinski definition) is 1. The summed E-state index contributed by atoms with van der Waals surface area (Å²) >= 11 is 0. The van der Waals surface area contributed by atoms with Crippen LogP contribution in [0.3, 0.4) is 0 Å². The highest BCUT2D eigenvalue weighted by molar-refractivity contribution is 5.07. The Balaban J connectivity index is 1.86. The molecular formula is C15H26O. The van der Waals surface area contributed by atoms with Crippen LogP contribution in [-0.4, -0.2) is 12.2 Å². The highest BCUT2D eigenvalue weighted by Crippen LogP contribution is 2.59. The fraction of sp³-hybridized carbons (Fsp3) is 1.00. The van der Waals surface area contributed by atoms with Crippen molar-refractivity contribution in [2.75, 3.05) is 6.61 Å². The average Bonchev–Trinajstić information content (AvgIpc) is 2.99. The van der Waals surface area contributed by atoms with Crippen LogP contribution in [0.5, 0.6) is 0 Å². The predicted molar refractivity (Wildman–Crippen MR) is 66.3 cm³/mol. The van der Waals surface area contributed by atoms with Crippen LogP contribution >= 0.6 is 0 Å². The highest BCUT2D eigenvalue weighted by Gasteiger charge is 2.58. The van der Waals surface area contributed by atoms with E-state index in [0.717, 1.165) is 30.3 Å². The standard InChI is InChI=1S/C15H26O/c1-3-11-9-12(4-2)14-13(11)10-16-15(14)7-5-6-8-15/h11-14H,3-10H2,1-2H3. The van der Waals surface area contributed by atoms with Crippen molar-refractivity contribution < 1.29 is 4.74 Å². The lowest BCUT2D eigenvalue weighted by atomic mass is 9.75. The molecule has 1 nitrogen and oxygen atoms in total. The van der Waals surface area contributed by atoms with Gasteiger partial charge in [0.2, 0.25) is 0 Å². The lowest BCUT2D eigenvalue weighted by molar-refractivity contribution is -0.0308. The normalized spacial score (nSPS) is 45.4. The van der Waals surface area contributed by atoms with Gasteiger partial charge in [0.15, 0.2) is 0 Å². The van der Waals surface area contributed by atoms with Gasteiger partial charge in [-0.1, -0.05) is 39.5 Å². The van der Waals surface area contributed by atoms with E-state index in [0.29, 0.717) is 5.60 Å². The molecule has 1 heterocycles. The van der Waals surface area contributed by atoms with Crippen LogP contribution < -0.4 is 0 Å². The molecule has 3 aliphatic rings. The topological polar surface area (TPSA) is 9.23 Å². The smallest absolute Gasteiger partial charge is 0.0716 e. The van der Waals surface area contributed by atoms with Crippen molar-refractivity contribution in [2.45, 2.75) is 64.4 Å². The zero-order valence-electron chi connectivity index (χ0n) is 10.9. The first-order valence-corrected chi connectivity index (χ1v) is 7.44. The van der Waals surface area contributed by atoms with E-state index in [4.69, 9.17) is 4.74 Å². The molecule has 0 N–H and O–H groups in total. The number of fused-ring (bicyclic) bond motifs is 2. The number of rotatable bonds is 2. The Morgan fingerprint density at radius 2 is 1.75 bits per heavy atom. The first-order valence-electron chi connectivity index (χ1n) is 7.44. The van der Waals surface area contributed by atoms with Crippen LogP contribution in [0.15, 0.2) is 0 Å². The van der Waals surface area contributed by atoms with E-state index in [-0.39, 0.29) is 0 Å². The molecule has 16 heavy (non-hydrogen) atoms. The van der Waals surface area contributed by atoms with E-state index in [1.54, 1.807) is 0 Å². The summed E-state index contributed by atoms with van der Waals surface area (Å²) in [5.41, 5.74) is 0.343. The Morgan fingerprint density at radius 1 is 1.06 bits per heavy atom. The summed E-state index contributed by atoms with van der Waals surface area (Å²) in [6.45, 7) is 5.85. The fourth-order valence-electron chi connectivity index (χ4n) is 5.11. The first kappa shape index (κ1) is 11.1. The lowest BCUT2D eigenvalue weighted by Gasteiger charge is -2.33. The van der Waals surface area contributed by atoms with Gasteiger partial charge in [0.1, 0.15) is 0 Å². The van der Waals surface area contributed by atoms with E-state index in [9.17, 15) is 0 Å². The Bertz CT molecular complexity index is 254. The molecule has 92 valence electrons. The molecular weight excluding hydrogens is 196 g/mol. The minimum Gasteiger partial charge on any atom is -0.374 e. The van der Waals surface area contributed by atoms with Crippen LogP contribution in [0.4, 0.5) is 0 Å². The van der Waals surface area contributed by atoms with Crippen LogP contribution in [0.2, 0.25) is 0 Å². The Kier molecular flexibility index (Phi) is 2.78. The zero-order chi connectivity index (χ0) is 11.2. The van der Waals surface area contributed by atoms with Crippen molar-refractivity contribution in [2.24, 2.45) is 23.7 Å². The van der Waals surface area contributed by atoms with Gasteiger partial charge in [-0.3, -0.25) is 0 Å². The van der Waals surface area contributed by atoms with Gasteiger partial charge in [-0.25, -0.2) is 0 Å². The maximum Gasteiger partial charge on any atom is 0.0716 e. The molecule has 0 aromatic rings. The average molecular weight is 222 g/mol. The molecule has 1 saturated heterocycles. The Labute approximate surface area is 99.9 Å². The summed E-state index contributed by atoms with van der Waals surface area (Å²) in [4.78, 5) is 0. The molecule has 2 aliphatic carbocycles. The monoisotopic (exact) mass is 222 g/mol. The third kappa shape index (κ3) is 1.40. The predicted octanol–water partition coefficient (Wildman–Crippen LogP) is 4.02. The summed E-state index contributed by atoms with van der Waals surface area (Å²) in [5.74, 6) is 3.77. The molecule has 1 heteroatoms. The number of ether oxygens (including phenoxy) is 1. The SMILES string of the molecule is CCC1CC(CC)C2C1COC21CCCC1. The molecule has 0 amide bonds. The van der Waals surface area contributed by atoms with E-state index < -0.39 is 0 Å². The van der Waals surface area contributed by atoms with Gasteiger partial charge in [-0.2, -0.15) is 0 Å². The van der Waals surface area contributed by atoms with Gasteiger partial charge >= 0.3 is 0 Å². The highest BCUT2D eigenvalue weighted by atomic mass is 16.5. The Morgan fingerprint density at radius 3 is 2.38 bits per heavy atom. The summed E-state index contributed by atoms with van der Waals surface area (Å²) in [7, 11) is 0. The van der Waals surface area contributed by atoms with E-state index in [1.165, 1.54) is 44.9 Å². The molecule has 0 bridgehead atoms. The van der Waals surface area contributed by atoms with Crippen molar-refractivity contribution in [3.8, 4) is 0 Å². The second-order valence-electron chi connectivity index (χ2n) is 6.34. The number of hydrogen-bond donors (Lipinski definition) is 0. The van der Waals surface area contributed by atoms with E-state index >= 15 is 0 Å². The van der Waals surface area contributed by atoms with Crippen molar-refractivity contribution in [1.29, 1.82) is 0 Å². The summed E-state index contributed by atoms with van der Waals surface area (Å²) in [6, 6.07) is 0. The molecule has 0 aromatic carbocycles. The second-order valence-corrected chi connectivity index (χ2v) is 6.34. The van der Waals surface area contributed by atoms with Gasteiger partial charge in [0.25, 0.3) is 0 Å². The minimum absolute atomic E-state index is 0.343. The van der Waals surface area contributed by atoms with Crippen molar-refractivity contribution >= 4 is 0 Å². The van der Waals surface area contributed by atoms with Gasteiger partial charge < -0.3 is 4.74 Å². The van der Waals surface area contributed by atoms with Crippen LogP contribution in [0.25, 0.3) is 0 Å². The van der Waals surface area contributed by atoms with E-state index in [1.807, 2.05) is 0 Å². The zero-order valence-corrected chi connectivity index (χ0v) is 10.9. The molecule has 0 aromatic heterocycles. The van der Waals surface area contributed by atoms with Crippen molar-refractivity contribution in [3.05, 3.63) is 0 Å². The van der Waals surface area contributed by atoms with Crippen LogP contribution in [0, 0.1) is 23.7 Å². The lowest BCUT2D eigenvalue weighted by Crippen LogP contribution is -2.36. The van der Waals surface area contributed by atoms with E-state index in [2.05, 4.69) is 13.8 Å². The van der Waals surface area contributed by atoms with Crippen LogP contribution in [-0.2, 0) is 4.74 Å². The summed E-state index contributed by atoms with van der Waals surface area (Å²) in [6.07, 6.45) is 9.79. The summed E-state index contributed by atoms with van der Waals surface area (Å²) in [5, 5.41) is 0.